The number of benzene rings is 1. The molecule has 0 bridgehead atoms. The van der Waals surface area contributed by atoms with E-state index in [9.17, 15) is 22.0 Å². The molecule has 3 nitrogen and oxygen atoms in total. The summed E-state index contributed by atoms with van der Waals surface area (Å²) in [6.07, 6.45) is -4.32. The third kappa shape index (κ3) is 7.90. The molecule has 0 aromatic heterocycles. The summed E-state index contributed by atoms with van der Waals surface area (Å²) in [6.45, 7) is -3.55. The molecule has 0 aliphatic heterocycles. The van der Waals surface area contributed by atoms with Gasteiger partial charge in [0, 0.05) is 13.1 Å². The molecule has 0 spiro atoms. The molecule has 0 atom stereocenters. The molecule has 1 aromatic carbocycles. The zero-order valence-corrected chi connectivity index (χ0v) is 10.4. The summed E-state index contributed by atoms with van der Waals surface area (Å²) in [7, 11) is 0. The summed E-state index contributed by atoms with van der Waals surface area (Å²) < 4.78 is 67.6. The molecule has 1 aromatic rings. The number of alkyl halides is 5. The van der Waals surface area contributed by atoms with E-state index >= 15 is 0 Å². The smallest absolute Gasteiger partial charge is 0.411 e. The molecule has 0 saturated carbocycles. The molecule has 0 radical (unpaired) electrons. The molecular weight excluding hydrogens is 285 g/mol. The number of hydrogen-bond donors (Lipinski definition) is 1. The molecule has 0 amide bonds. The second kappa shape index (κ2) is 8.01. The van der Waals surface area contributed by atoms with Gasteiger partial charge in [-0.05, 0) is 17.7 Å². The highest BCUT2D eigenvalue weighted by Gasteiger charge is 2.27. The van der Waals surface area contributed by atoms with E-state index in [0.29, 0.717) is 6.54 Å². The van der Waals surface area contributed by atoms with E-state index in [-0.39, 0.29) is 18.9 Å². The summed E-state index contributed by atoms with van der Waals surface area (Å²) in [4.78, 5) is 0. The molecule has 114 valence electrons. The van der Waals surface area contributed by atoms with Crippen LogP contribution in [0.15, 0.2) is 24.3 Å². The Balaban J connectivity index is 2.16. The number of halogens is 5. The van der Waals surface area contributed by atoms with Gasteiger partial charge in [-0.2, -0.15) is 22.0 Å². The van der Waals surface area contributed by atoms with Gasteiger partial charge >= 0.3 is 12.8 Å². The van der Waals surface area contributed by atoms with Crippen LogP contribution in [0.4, 0.5) is 22.0 Å². The maximum Gasteiger partial charge on any atom is 0.411 e. The number of nitrogens with one attached hydrogen (secondary N) is 1. The molecule has 1 rings (SSSR count). The second-order valence-corrected chi connectivity index (χ2v) is 3.87. The molecule has 0 unspecified atom stereocenters. The van der Waals surface area contributed by atoms with E-state index in [1.165, 1.54) is 12.1 Å². The minimum atomic E-state index is -4.32. The van der Waals surface area contributed by atoms with Crippen molar-refractivity contribution < 1.29 is 31.4 Å². The van der Waals surface area contributed by atoms with Gasteiger partial charge in [0.25, 0.3) is 0 Å². The zero-order valence-electron chi connectivity index (χ0n) is 10.4. The standard InChI is InChI=1S/C12H14F5NO2/c13-11(14)20-10-3-1-9(2-4-10)7-18-5-6-19-8-12(15,16)17/h1-4,11,18H,5-8H2. The van der Waals surface area contributed by atoms with Crippen molar-refractivity contribution in [3.63, 3.8) is 0 Å². The Morgan fingerprint density at radius 2 is 1.75 bits per heavy atom. The minimum absolute atomic E-state index is 0.0530. The first-order valence-electron chi connectivity index (χ1n) is 5.76. The Bertz CT molecular complexity index is 380. The fraction of sp³-hybridized carbons (Fsp3) is 0.500. The van der Waals surface area contributed by atoms with Crippen LogP contribution in [0.25, 0.3) is 0 Å². The lowest BCUT2D eigenvalue weighted by atomic mass is 10.2. The van der Waals surface area contributed by atoms with Crippen LogP contribution in [0.1, 0.15) is 5.56 Å². The van der Waals surface area contributed by atoms with Crippen molar-refractivity contribution in [3.8, 4) is 5.75 Å². The molecule has 0 saturated heterocycles. The monoisotopic (exact) mass is 299 g/mol. The fourth-order valence-corrected chi connectivity index (χ4v) is 1.35. The number of ether oxygens (including phenoxy) is 2. The maximum absolute atomic E-state index is 11.9. The predicted molar refractivity (Wildman–Crippen MR) is 61.7 cm³/mol. The molecule has 8 heteroatoms. The molecule has 20 heavy (non-hydrogen) atoms. The average molecular weight is 299 g/mol. The van der Waals surface area contributed by atoms with E-state index in [4.69, 9.17) is 0 Å². The lowest BCUT2D eigenvalue weighted by Gasteiger charge is -2.09. The van der Waals surface area contributed by atoms with Crippen LogP contribution < -0.4 is 10.1 Å². The van der Waals surface area contributed by atoms with Gasteiger partial charge in [-0.1, -0.05) is 12.1 Å². The minimum Gasteiger partial charge on any atom is -0.435 e. The Morgan fingerprint density at radius 3 is 2.30 bits per heavy atom. The highest BCUT2D eigenvalue weighted by Crippen LogP contribution is 2.15. The third-order valence-electron chi connectivity index (χ3n) is 2.17. The van der Waals surface area contributed by atoms with E-state index in [1.54, 1.807) is 12.1 Å². The van der Waals surface area contributed by atoms with Crippen molar-refractivity contribution in [3.05, 3.63) is 29.8 Å². The fourth-order valence-electron chi connectivity index (χ4n) is 1.35. The predicted octanol–water partition coefficient (Wildman–Crippen LogP) is 2.96. The van der Waals surface area contributed by atoms with Gasteiger partial charge in [0.2, 0.25) is 0 Å². The number of hydrogen-bond acceptors (Lipinski definition) is 3. The Labute approximate surface area is 112 Å². The normalized spacial score (nSPS) is 11.9. The zero-order chi connectivity index (χ0) is 15.0. The lowest BCUT2D eigenvalue weighted by molar-refractivity contribution is -0.173. The molecule has 0 aliphatic carbocycles. The van der Waals surface area contributed by atoms with Crippen LogP contribution in [0.2, 0.25) is 0 Å². The van der Waals surface area contributed by atoms with Gasteiger partial charge in [-0.25, -0.2) is 0 Å². The van der Waals surface area contributed by atoms with Gasteiger partial charge in [-0.15, -0.1) is 0 Å². The summed E-state index contributed by atoms with van der Waals surface area (Å²) in [5.41, 5.74) is 0.794. The summed E-state index contributed by atoms with van der Waals surface area (Å²) in [5, 5.41) is 2.87. The first-order chi connectivity index (χ1) is 9.37. The van der Waals surface area contributed by atoms with Crippen LogP contribution in [0, 0.1) is 0 Å². The van der Waals surface area contributed by atoms with Crippen LogP contribution in [-0.4, -0.2) is 32.5 Å². The molecule has 0 fully saturated rings. The largest absolute Gasteiger partial charge is 0.435 e. The summed E-state index contributed by atoms with van der Waals surface area (Å²) >= 11 is 0. The van der Waals surface area contributed by atoms with Gasteiger partial charge in [0.05, 0.1) is 6.61 Å². The summed E-state index contributed by atoms with van der Waals surface area (Å²) in [6, 6.07) is 5.95. The van der Waals surface area contributed by atoms with Crippen LogP contribution >= 0.6 is 0 Å². The van der Waals surface area contributed by atoms with Crippen molar-refractivity contribution in [1.29, 1.82) is 0 Å². The number of rotatable bonds is 8. The van der Waals surface area contributed by atoms with Crippen LogP contribution in [0.5, 0.6) is 5.75 Å². The molecule has 0 heterocycles. The van der Waals surface area contributed by atoms with Gasteiger partial charge < -0.3 is 14.8 Å². The molecule has 0 aliphatic rings. The van der Waals surface area contributed by atoms with Crippen LogP contribution in [-0.2, 0) is 11.3 Å². The van der Waals surface area contributed by atoms with E-state index < -0.39 is 19.4 Å². The van der Waals surface area contributed by atoms with Crippen molar-refractivity contribution in [2.45, 2.75) is 19.3 Å². The van der Waals surface area contributed by atoms with E-state index in [0.717, 1.165) is 5.56 Å². The second-order valence-electron chi connectivity index (χ2n) is 3.87. The quantitative estimate of drug-likeness (QED) is 0.591. The van der Waals surface area contributed by atoms with Crippen molar-refractivity contribution in [1.82, 2.24) is 5.32 Å². The maximum atomic E-state index is 11.9. The Hall–Kier alpha value is -1.41. The highest BCUT2D eigenvalue weighted by atomic mass is 19.4. The SMILES string of the molecule is FC(F)Oc1ccc(CNCCOCC(F)(F)F)cc1. The Kier molecular flexibility index (Phi) is 6.66. The van der Waals surface area contributed by atoms with E-state index in [2.05, 4.69) is 14.8 Å². The average Bonchev–Trinajstić information content (AvgIpc) is 2.33. The highest BCUT2D eigenvalue weighted by molar-refractivity contribution is 5.27. The first kappa shape index (κ1) is 16.6. The van der Waals surface area contributed by atoms with Gasteiger partial charge in [-0.3, -0.25) is 0 Å². The van der Waals surface area contributed by atoms with Crippen molar-refractivity contribution >= 4 is 0 Å². The van der Waals surface area contributed by atoms with Crippen molar-refractivity contribution in [2.75, 3.05) is 19.8 Å². The first-order valence-corrected chi connectivity index (χ1v) is 5.76. The van der Waals surface area contributed by atoms with Gasteiger partial charge in [0.1, 0.15) is 12.4 Å². The summed E-state index contributed by atoms with van der Waals surface area (Å²) in [5.74, 6) is 0.0530. The molecular formula is C12H14F5NO2. The van der Waals surface area contributed by atoms with E-state index in [1.807, 2.05) is 0 Å². The topological polar surface area (TPSA) is 30.5 Å². The van der Waals surface area contributed by atoms with Crippen molar-refractivity contribution in [2.24, 2.45) is 0 Å². The van der Waals surface area contributed by atoms with Gasteiger partial charge in [0.15, 0.2) is 0 Å². The third-order valence-corrected chi connectivity index (χ3v) is 2.17. The lowest BCUT2D eigenvalue weighted by Crippen LogP contribution is -2.23. The Morgan fingerprint density at radius 1 is 1.10 bits per heavy atom. The molecule has 1 N–H and O–H groups in total. The van der Waals surface area contributed by atoms with Crippen LogP contribution in [0.3, 0.4) is 0 Å².